The van der Waals surface area contributed by atoms with Crippen LogP contribution in [0.5, 0.6) is 0 Å². The number of halogens is 1. The number of aromatic nitrogens is 1. The Bertz CT molecular complexity index is 407. The topological polar surface area (TPSA) is 60.2 Å². The van der Waals surface area contributed by atoms with Crippen molar-refractivity contribution < 1.29 is 16.8 Å². The van der Waals surface area contributed by atoms with Gasteiger partial charge in [-0.05, 0) is 12.8 Å². The molecule has 13 heavy (non-hydrogen) atoms. The second-order valence-corrected chi connectivity index (χ2v) is 4.55. The highest BCUT2D eigenvalue weighted by Gasteiger charge is 2.30. The number of rotatable bonds is 3. The molecule has 0 aliphatic heterocycles. The number of hydrogen-bond donors (Lipinski definition) is 0. The van der Waals surface area contributed by atoms with Gasteiger partial charge in [-0.3, -0.25) is 0 Å². The lowest BCUT2D eigenvalue weighted by atomic mass is 10.2. The molecule has 0 amide bonds. The standard InChI is InChI=1S/C7H8FNO3S/c8-13(10,11)4-6-3-12-9-7(6)5-1-2-5/h3,5H,1-2,4H2. The van der Waals surface area contributed by atoms with Gasteiger partial charge in [0.25, 0.3) is 0 Å². The summed E-state index contributed by atoms with van der Waals surface area (Å²) in [5, 5.41) is 3.66. The smallest absolute Gasteiger partial charge is 0.306 e. The second kappa shape index (κ2) is 2.80. The minimum atomic E-state index is -4.48. The largest absolute Gasteiger partial charge is 0.364 e. The van der Waals surface area contributed by atoms with Crippen LogP contribution in [0.4, 0.5) is 3.89 Å². The van der Waals surface area contributed by atoms with Gasteiger partial charge in [-0.25, -0.2) is 0 Å². The highest BCUT2D eigenvalue weighted by atomic mass is 32.3. The molecule has 0 atom stereocenters. The van der Waals surface area contributed by atoms with Crippen LogP contribution in [0.2, 0.25) is 0 Å². The van der Waals surface area contributed by atoms with Gasteiger partial charge in [0.15, 0.2) is 0 Å². The Labute approximate surface area is 74.9 Å². The third-order valence-corrected chi connectivity index (χ3v) is 2.62. The molecular weight excluding hydrogens is 197 g/mol. The molecule has 0 spiro atoms. The van der Waals surface area contributed by atoms with Gasteiger partial charge < -0.3 is 4.52 Å². The summed E-state index contributed by atoms with van der Waals surface area (Å²) in [6.45, 7) is 0. The molecule has 1 heterocycles. The molecule has 0 radical (unpaired) electrons. The molecule has 1 aromatic heterocycles. The molecule has 72 valence electrons. The SMILES string of the molecule is O=S(=O)(F)Cc1conc1C1CC1. The third-order valence-electron chi connectivity index (χ3n) is 1.97. The zero-order valence-corrected chi connectivity index (χ0v) is 7.55. The van der Waals surface area contributed by atoms with E-state index in [4.69, 9.17) is 0 Å². The Morgan fingerprint density at radius 3 is 2.85 bits per heavy atom. The molecule has 0 bridgehead atoms. The van der Waals surface area contributed by atoms with Crippen LogP contribution in [0.15, 0.2) is 10.8 Å². The fraction of sp³-hybridized carbons (Fsp3) is 0.571. The number of nitrogens with zero attached hydrogens (tertiary/aromatic N) is 1. The zero-order valence-electron chi connectivity index (χ0n) is 6.73. The van der Waals surface area contributed by atoms with Crippen molar-refractivity contribution in [3.63, 3.8) is 0 Å². The van der Waals surface area contributed by atoms with Gasteiger partial charge >= 0.3 is 10.2 Å². The van der Waals surface area contributed by atoms with Crippen LogP contribution in [0.1, 0.15) is 30.0 Å². The molecule has 0 saturated heterocycles. The first kappa shape index (κ1) is 8.68. The summed E-state index contributed by atoms with van der Waals surface area (Å²) in [5.41, 5.74) is 0.950. The maximum Gasteiger partial charge on any atom is 0.306 e. The summed E-state index contributed by atoms with van der Waals surface area (Å²) < 4.78 is 37.6. The van der Waals surface area contributed by atoms with E-state index in [1.165, 1.54) is 6.26 Å². The van der Waals surface area contributed by atoms with Crippen molar-refractivity contribution in [2.45, 2.75) is 24.5 Å². The van der Waals surface area contributed by atoms with Crippen LogP contribution < -0.4 is 0 Å². The molecule has 0 N–H and O–H groups in total. The highest BCUT2D eigenvalue weighted by molar-refractivity contribution is 7.85. The van der Waals surface area contributed by atoms with Crippen molar-refractivity contribution in [2.24, 2.45) is 0 Å². The van der Waals surface area contributed by atoms with E-state index >= 15 is 0 Å². The molecule has 4 nitrogen and oxygen atoms in total. The molecule has 1 aromatic rings. The molecule has 6 heteroatoms. The van der Waals surface area contributed by atoms with Crippen LogP contribution in [0.3, 0.4) is 0 Å². The molecule has 0 aromatic carbocycles. The third kappa shape index (κ3) is 2.06. The average molecular weight is 205 g/mol. The summed E-state index contributed by atoms with van der Waals surface area (Å²) in [7, 11) is -4.48. The fourth-order valence-electron chi connectivity index (χ4n) is 1.25. The van der Waals surface area contributed by atoms with Crippen LogP contribution in [0.25, 0.3) is 0 Å². The summed E-state index contributed by atoms with van der Waals surface area (Å²) in [5.74, 6) is -0.349. The van der Waals surface area contributed by atoms with Gasteiger partial charge in [0.1, 0.15) is 12.0 Å². The highest BCUT2D eigenvalue weighted by Crippen LogP contribution is 2.41. The fourth-order valence-corrected chi connectivity index (χ4v) is 1.84. The van der Waals surface area contributed by atoms with Gasteiger partial charge in [0, 0.05) is 11.5 Å². The maximum absolute atomic E-state index is 12.3. The summed E-state index contributed by atoms with van der Waals surface area (Å²) >= 11 is 0. The Kier molecular flexibility index (Phi) is 1.87. The van der Waals surface area contributed by atoms with E-state index in [-0.39, 0.29) is 5.92 Å². The molecule has 1 aliphatic rings. The molecule has 0 unspecified atom stereocenters. The van der Waals surface area contributed by atoms with Gasteiger partial charge in [0.2, 0.25) is 0 Å². The van der Waals surface area contributed by atoms with Crippen molar-refractivity contribution in [1.82, 2.24) is 5.16 Å². The van der Waals surface area contributed by atoms with Crippen LogP contribution >= 0.6 is 0 Å². The Balaban J connectivity index is 2.24. The monoisotopic (exact) mass is 205 g/mol. The van der Waals surface area contributed by atoms with Crippen molar-refractivity contribution in [1.29, 1.82) is 0 Å². The second-order valence-electron chi connectivity index (χ2n) is 3.18. The van der Waals surface area contributed by atoms with Crippen molar-refractivity contribution in [3.8, 4) is 0 Å². The van der Waals surface area contributed by atoms with E-state index in [0.29, 0.717) is 11.3 Å². The van der Waals surface area contributed by atoms with Gasteiger partial charge in [-0.1, -0.05) is 5.16 Å². The van der Waals surface area contributed by atoms with Crippen LogP contribution in [-0.4, -0.2) is 13.6 Å². The normalized spacial score (nSPS) is 17.6. The summed E-state index contributed by atoms with van der Waals surface area (Å²) in [6.07, 6.45) is 3.16. The Hall–Kier alpha value is -0.910. The minimum Gasteiger partial charge on any atom is -0.364 e. The van der Waals surface area contributed by atoms with E-state index in [2.05, 4.69) is 9.68 Å². The van der Waals surface area contributed by atoms with E-state index < -0.39 is 16.0 Å². The van der Waals surface area contributed by atoms with Gasteiger partial charge in [0.05, 0.1) is 5.69 Å². The predicted octanol–water partition coefficient (Wildman–Crippen LogP) is 1.35. The van der Waals surface area contributed by atoms with Gasteiger partial charge in [-0.2, -0.15) is 8.42 Å². The molecular formula is C7H8FNO3S. The van der Waals surface area contributed by atoms with E-state index in [9.17, 15) is 12.3 Å². The molecule has 2 rings (SSSR count). The van der Waals surface area contributed by atoms with Crippen LogP contribution in [-0.2, 0) is 16.0 Å². The minimum absolute atomic E-state index is 0.274. The van der Waals surface area contributed by atoms with Crippen molar-refractivity contribution >= 4 is 10.2 Å². The first-order valence-electron chi connectivity index (χ1n) is 3.92. The van der Waals surface area contributed by atoms with Crippen LogP contribution in [0, 0.1) is 0 Å². The predicted molar refractivity (Wildman–Crippen MR) is 42.2 cm³/mol. The molecule has 1 saturated carbocycles. The lowest BCUT2D eigenvalue weighted by Gasteiger charge is -1.93. The van der Waals surface area contributed by atoms with Gasteiger partial charge in [-0.15, -0.1) is 3.89 Å². The average Bonchev–Trinajstić information content (AvgIpc) is 2.72. The first-order valence-corrected chi connectivity index (χ1v) is 5.47. The Morgan fingerprint density at radius 2 is 2.31 bits per heavy atom. The van der Waals surface area contributed by atoms with E-state index in [1.54, 1.807) is 0 Å². The van der Waals surface area contributed by atoms with E-state index in [0.717, 1.165) is 12.8 Å². The van der Waals surface area contributed by atoms with Crippen molar-refractivity contribution in [3.05, 3.63) is 17.5 Å². The molecule has 1 fully saturated rings. The Morgan fingerprint density at radius 1 is 1.62 bits per heavy atom. The quantitative estimate of drug-likeness (QED) is 0.699. The van der Waals surface area contributed by atoms with Crippen molar-refractivity contribution in [2.75, 3.05) is 0 Å². The zero-order chi connectivity index (χ0) is 9.47. The first-order chi connectivity index (χ1) is 6.06. The lowest BCUT2D eigenvalue weighted by molar-refractivity contribution is 0.411. The lowest BCUT2D eigenvalue weighted by Crippen LogP contribution is -1.98. The summed E-state index contributed by atoms with van der Waals surface area (Å²) in [6, 6.07) is 0. The maximum atomic E-state index is 12.3. The van der Waals surface area contributed by atoms with E-state index in [1.807, 2.05) is 0 Å². The molecule has 1 aliphatic carbocycles. The number of hydrogen-bond acceptors (Lipinski definition) is 4. The summed E-state index contributed by atoms with van der Waals surface area (Å²) in [4.78, 5) is 0.